The maximum atomic E-state index is 13.5. The fraction of sp³-hybridized carbons (Fsp3) is 0.348. The Labute approximate surface area is 177 Å². The summed E-state index contributed by atoms with van der Waals surface area (Å²) in [5.41, 5.74) is 3.14. The number of nitrogens with one attached hydrogen (secondary N) is 3. The van der Waals surface area contributed by atoms with Crippen LogP contribution in [0.2, 0.25) is 0 Å². The van der Waals surface area contributed by atoms with E-state index in [1.807, 2.05) is 38.5 Å². The van der Waals surface area contributed by atoms with Crippen molar-refractivity contribution in [2.75, 3.05) is 40.8 Å². The van der Waals surface area contributed by atoms with E-state index in [4.69, 9.17) is 4.74 Å². The molecular formula is C23H30FN5O. The highest BCUT2D eigenvalue weighted by Crippen LogP contribution is 2.19. The molecule has 2 aromatic carbocycles. The summed E-state index contributed by atoms with van der Waals surface area (Å²) in [6.45, 7) is 2.87. The average Bonchev–Trinajstić information content (AvgIpc) is 3.12. The van der Waals surface area contributed by atoms with E-state index in [1.54, 1.807) is 19.2 Å². The SMILES string of the molecule is CN=C(NCCc1c[nH]c2ccc(F)cc12)NCc1cccc(OCCN(C)C)c1. The fourth-order valence-electron chi connectivity index (χ4n) is 3.17. The first-order valence-corrected chi connectivity index (χ1v) is 10.1. The number of hydrogen-bond acceptors (Lipinski definition) is 3. The molecule has 160 valence electrons. The lowest BCUT2D eigenvalue weighted by molar-refractivity contribution is 0.261. The van der Waals surface area contributed by atoms with Gasteiger partial charge in [0.15, 0.2) is 5.96 Å². The van der Waals surface area contributed by atoms with Crippen molar-refractivity contribution >= 4 is 16.9 Å². The molecule has 7 heteroatoms. The molecule has 0 saturated heterocycles. The highest BCUT2D eigenvalue weighted by atomic mass is 19.1. The van der Waals surface area contributed by atoms with Gasteiger partial charge in [-0.1, -0.05) is 12.1 Å². The molecule has 1 aromatic heterocycles. The molecule has 3 aromatic rings. The van der Waals surface area contributed by atoms with E-state index in [-0.39, 0.29) is 5.82 Å². The zero-order valence-corrected chi connectivity index (χ0v) is 17.8. The number of likely N-dealkylation sites (N-methyl/N-ethyl adjacent to an activating group) is 1. The van der Waals surface area contributed by atoms with Crippen molar-refractivity contribution in [1.82, 2.24) is 20.5 Å². The lowest BCUT2D eigenvalue weighted by Crippen LogP contribution is -2.37. The van der Waals surface area contributed by atoms with E-state index in [0.29, 0.717) is 19.7 Å². The van der Waals surface area contributed by atoms with Gasteiger partial charge in [0.1, 0.15) is 18.2 Å². The molecule has 0 atom stereocenters. The summed E-state index contributed by atoms with van der Waals surface area (Å²) in [5, 5.41) is 7.56. The third-order valence-electron chi connectivity index (χ3n) is 4.81. The highest BCUT2D eigenvalue weighted by molar-refractivity contribution is 5.83. The second-order valence-corrected chi connectivity index (χ2v) is 7.41. The Morgan fingerprint density at radius 1 is 1.17 bits per heavy atom. The number of ether oxygens (including phenoxy) is 1. The lowest BCUT2D eigenvalue weighted by Gasteiger charge is -2.13. The van der Waals surface area contributed by atoms with Crippen molar-refractivity contribution in [1.29, 1.82) is 0 Å². The Balaban J connectivity index is 1.47. The second-order valence-electron chi connectivity index (χ2n) is 7.41. The molecule has 0 radical (unpaired) electrons. The number of guanidine groups is 1. The molecule has 0 aliphatic rings. The topological polar surface area (TPSA) is 64.7 Å². The summed E-state index contributed by atoms with van der Waals surface area (Å²) in [7, 11) is 5.80. The number of hydrogen-bond donors (Lipinski definition) is 3. The molecule has 30 heavy (non-hydrogen) atoms. The third-order valence-corrected chi connectivity index (χ3v) is 4.81. The lowest BCUT2D eigenvalue weighted by atomic mass is 10.1. The van der Waals surface area contributed by atoms with Gasteiger partial charge < -0.3 is 25.3 Å². The first kappa shape index (κ1) is 21.6. The van der Waals surface area contributed by atoms with Gasteiger partial charge in [-0.3, -0.25) is 4.99 Å². The van der Waals surface area contributed by atoms with Gasteiger partial charge in [0.25, 0.3) is 0 Å². The fourth-order valence-corrected chi connectivity index (χ4v) is 3.17. The van der Waals surface area contributed by atoms with Crippen LogP contribution in [-0.4, -0.2) is 56.7 Å². The third kappa shape index (κ3) is 6.22. The van der Waals surface area contributed by atoms with Gasteiger partial charge in [0, 0.05) is 43.8 Å². The average molecular weight is 412 g/mol. The number of nitrogens with zero attached hydrogens (tertiary/aromatic N) is 2. The van der Waals surface area contributed by atoms with E-state index in [0.717, 1.165) is 46.7 Å². The quantitative estimate of drug-likeness (QED) is 0.374. The Hall–Kier alpha value is -3.06. The van der Waals surface area contributed by atoms with E-state index in [9.17, 15) is 4.39 Å². The molecule has 0 unspecified atom stereocenters. The largest absolute Gasteiger partial charge is 0.492 e. The molecule has 0 saturated carbocycles. The Bertz CT molecular complexity index is 983. The first-order chi connectivity index (χ1) is 14.5. The first-order valence-electron chi connectivity index (χ1n) is 10.1. The van der Waals surface area contributed by atoms with Gasteiger partial charge in [-0.05, 0) is 62.0 Å². The van der Waals surface area contributed by atoms with Crippen LogP contribution in [0.4, 0.5) is 4.39 Å². The number of H-pyrrole nitrogens is 1. The monoisotopic (exact) mass is 411 g/mol. The predicted octanol–water partition coefficient (Wildman–Crippen LogP) is 3.16. The summed E-state index contributed by atoms with van der Waals surface area (Å²) in [6, 6.07) is 12.9. The van der Waals surface area contributed by atoms with Crippen molar-refractivity contribution in [3.05, 3.63) is 65.6 Å². The zero-order chi connectivity index (χ0) is 21.3. The van der Waals surface area contributed by atoms with Crippen LogP contribution in [0.15, 0.2) is 53.7 Å². The molecular weight excluding hydrogens is 381 g/mol. The molecule has 0 spiro atoms. The van der Waals surface area contributed by atoms with Crippen molar-refractivity contribution < 1.29 is 9.13 Å². The van der Waals surface area contributed by atoms with Crippen LogP contribution in [-0.2, 0) is 13.0 Å². The van der Waals surface area contributed by atoms with Gasteiger partial charge in [-0.15, -0.1) is 0 Å². The molecule has 3 N–H and O–H groups in total. The molecule has 6 nitrogen and oxygen atoms in total. The summed E-state index contributed by atoms with van der Waals surface area (Å²) < 4.78 is 19.3. The van der Waals surface area contributed by atoms with Crippen molar-refractivity contribution in [3.8, 4) is 5.75 Å². The maximum absolute atomic E-state index is 13.5. The summed E-state index contributed by atoms with van der Waals surface area (Å²) in [5.74, 6) is 1.37. The van der Waals surface area contributed by atoms with Gasteiger partial charge in [-0.2, -0.15) is 0 Å². The van der Waals surface area contributed by atoms with Gasteiger partial charge in [-0.25, -0.2) is 4.39 Å². The molecule has 0 aliphatic heterocycles. The molecule has 3 rings (SSSR count). The smallest absolute Gasteiger partial charge is 0.191 e. The number of fused-ring (bicyclic) bond motifs is 1. The van der Waals surface area contributed by atoms with Crippen LogP contribution >= 0.6 is 0 Å². The molecule has 0 aliphatic carbocycles. The normalized spacial score (nSPS) is 11.8. The molecule has 0 fully saturated rings. The minimum absolute atomic E-state index is 0.221. The zero-order valence-electron chi connectivity index (χ0n) is 17.8. The van der Waals surface area contributed by atoms with Crippen LogP contribution in [0, 0.1) is 5.82 Å². The van der Waals surface area contributed by atoms with Crippen LogP contribution in [0.5, 0.6) is 5.75 Å². The summed E-state index contributed by atoms with van der Waals surface area (Å²) in [4.78, 5) is 9.56. The molecule has 0 bridgehead atoms. The van der Waals surface area contributed by atoms with E-state index < -0.39 is 0 Å². The van der Waals surface area contributed by atoms with E-state index >= 15 is 0 Å². The number of rotatable bonds is 9. The summed E-state index contributed by atoms with van der Waals surface area (Å²) in [6.07, 6.45) is 2.70. The van der Waals surface area contributed by atoms with Crippen LogP contribution in [0.25, 0.3) is 10.9 Å². The Morgan fingerprint density at radius 3 is 2.83 bits per heavy atom. The minimum Gasteiger partial charge on any atom is -0.492 e. The molecule has 1 heterocycles. The van der Waals surface area contributed by atoms with Gasteiger partial charge in [0.05, 0.1) is 0 Å². The second kappa shape index (κ2) is 10.6. The standard InChI is InChI=1S/C23H30FN5O/c1-25-23(26-10-9-18-16-27-22-8-7-19(24)14-21(18)22)28-15-17-5-4-6-20(13-17)30-12-11-29(2)3/h4-8,13-14,16,27H,9-12,15H2,1-3H3,(H2,25,26,28). The van der Waals surface area contributed by atoms with Gasteiger partial charge in [0.2, 0.25) is 0 Å². The number of halogens is 1. The van der Waals surface area contributed by atoms with Crippen molar-refractivity contribution in [2.24, 2.45) is 4.99 Å². The van der Waals surface area contributed by atoms with Crippen molar-refractivity contribution in [3.63, 3.8) is 0 Å². The summed E-state index contributed by atoms with van der Waals surface area (Å²) >= 11 is 0. The Morgan fingerprint density at radius 2 is 2.03 bits per heavy atom. The van der Waals surface area contributed by atoms with Crippen LogP contribution in [0.1, 0.15) is 11.1 Å². The number of aromatic amines is 1. The van der Waals surface area contributed by atoms with Crippen molar-refractivity contribution in [2.45, 2.75) is 13.0 Å². The Kier molecular flexibility index (Phi) is 7.68. The van der Waals surface area contributed by atoms with Gasteiger partial charge >= 0.3 is 0 Å². The highest BCUT2D eigenvalue weighted by Gasteiger charge is 2.06. The molecule has 0 amide bonds. The number of aliphatic imine (C=N–C) groups is 1. The number of benzene rings is 2. The van der Waals surface area contributed by atoms with E-state index in [1.165, 1.54) is 6.07 Å². The predicted molar refractivity (Wildman–Crippen MR) is 121 cm³/mol. The minimum atomic E-state index is -0.221. The van der Waals surface area contributed by atoms with E-state index in [2.05, 4.69) is 31.6 Å². The van der Waals surface area contributed by atoms with Crippen LogP contribution in [0.3, 0.4) is 0 Å². The maximum Gasteiger partial charge on any atom is 0.191 e. The van der Waals surface area contributed by atoms with Crippen LogP contribution < -0.4 is 15.4 Å². The number of aromatic nitrogens is 1.